The molecule has 2 N–H and O–H groups in total. The lowest BCUT2D eigenvalue weighted by Crippen LogP contribution is -2.14. The SMILES string of the molecule is Cc1nn(-c2ccc(Cl)cc2C(N)=S)c(C)c1Br. The zero-order valence-corrected chi connectivity index (χ0v) is 13.0. The molecule has 0 aliphatic rings. The van der Waals surface area contributed by atoms with Crippen LogP contribution in [-0.2, 0) is 0 Å². The molecule has 1 aromatic heterocycles. The van der Waals surface area contributed by atoms with Gasteiger partial charge in [-0.2, -0.15) is 5.10 Å². The Bertz CT molecular complexity index is 636. The van der Waals surface area contributed by atoms with Crippen molar-refractivity contribution in [3.8, 4) is 5.69 Å². The van der Waals surface area contributed by atoms with Gasteiger partial charge in [0.2, 0.25) is 0 Å². The normalized spacial score (nSPS) is 10.7. The Hall–Kier alpha value is -0.910. The molecule has 0 saturated heterocycles. The van der Waals surface area contributed by atoms with Gasteiger partial charge in [-0.05, 0) is 48.0 Å². The third-order valence-corrected chi connectivity index (χ3v) is 4.26. The summed E-state index contributed by atoms with van der Waals surface area (Å²) in [6.45, 7) is 3.91. The molecule has 0 amide bonds. The second kappa shape index (κ2) is 4.99. The standard InChI is InChI=1S/C12H11BrClN3S/c1-6-11(13)7(2)17(16-6)10-4-3-8(14)5-9(10)12(15)18/h3-5H,1-2H3,(H2,15,18). The highest BCUT2D eigenvalue weighted by atomic mass is 79.9. The van der Waals surface area contributed by atoms with Crippen molar-refractivity contribution in [3.63, 3.8) is 0 Å². The number of aromatic nitrogens is 2. The molecule has 18 heavy (non-hydrogen) atoms. The Kier molecular flexibility index (Phi) is 3.75. The topological polar surface area (TPSA) is 43.8 Å². The van der Waals surface area contributed by atoms with Gasteiger partial charge in [0.25, 0.3) is 0 Å². The fraction of sp³-hybridized carbons (Fsp3) is 0.167. The molecule has 0 unspecified atom stereocenters. The Morgan fingerprint density at radius 1 is 1.44 bits per heavy atom. The summed E-state index contributed by atoms with van der Waals surface area (Å²) in [5.41, 5.74) is 9.19. The molecule has 0 aliphatic carbocycles. The molecular weight excluding hydrogens is 334 g/mol. The van der Waals surface area contributed by atoms with Crippen molar-refractivity contribution in [1.29, 1.82) is 0 Å². The van der Waals surface area contributed by atoms with Gasteiger partial charge in [0.1, 0.15) is 4.99 Å². The first-order valence-corrected chi connectivity index (χ1v) is 6.81. The zero-order chi connectivity index (χ0) is 13.4. The predicted molar refractivity (Wildman–Crippen MR) is 81.6 cm³/mol. The summed E-state index contributed by atoms with van der Waals surface area (Å²) in [4.78, 5) is 0.302. The van der Waals surface area contributed by atoms with Gasteiger partial charge in [-0.15, -0.1) is 0 Å². The first kappa shape index (κ1) is 13.5. The van der Waals surface area contributed by atoms with E-state index in [1.807, 2.05) is 24.6 Å². The quantitative estimate of drug-likeness (QED) is 0.848. The van der Waals surface area contributed by atoms with Crippen molar-refractivity contribution in [2.24, 2.45) is 5.73 Å². The van der Waals surface area contributed by atoms with Crippen LogP contribution in [-0.4, -0.2) is 14.8 Å². The van der Waals surface area contributed by atoms with Crippen LogP contribution in [0.25, 0.3) is 5.69 Å². The molecular formula is C12H11BrClN3S. The van der Waals surface area contributed by atoms with Gasteiger partial charge in [0.05, 0.1) is 21.5 Å². The first-order valence-electron chi connectivity index (χ1n) is 5.23. The smallest absolute Gasteiger partial charge is 0.106 e. The van der Waals surface area contributed by atoms with Crippen LogP contribution in [0.5, 0.6) is 0 Å². The van der Waals surface area contributed by atoms with Crippen LogP contribution >= 0.6 is 39.7 Å². The van der Waals surface area contributed by atoms with E-state index in [4.69, 9.17) is 29.6 Å². The molecule has 2 rings (SSSR count). The van der Waals surface area contributed by atoms with Crippen LogP contribution in [0.1, 0.15) is 17.0 Å². The molecule has 94 valence electrons. The molecule has 1 aromatic carbocycles. The minimum absolute atomic E-state index is 0.302. The van der Waals surface area contributed by atoms with Gasteiger partial charge < -0.3 is 5.73 Å². The van der Waals surface area contributed by atoms with Crippen molar-refractivity contribution in [3.05, 3.63) is 44.6 Å². The fourth-order valence-corrected chi connectivity index (χ4v) is 2.33. The maximum Gasteiger partial charge on any atom is 0.106 e. The average molecular weight is 345 g/mol. The van der Waals surface area contributed by atoms with Crippen molar-refractivity contribution in [2.45, 2.75) is 13.8 Å². The summed E-state index contributed by atoms with van der Waals surface area (Å²) in [7, 11) is 0. The molecule has 0 saturated carbocycles. The summed E-state index contributed by atoms with van der Waals surface area (Å²) >= 11 is 14.5. The lowest BCUT2D eigenvalue weighted by Gasteiger charge is -2.10. The third kappa shape index (κ3) is 2.30. The lowest BCUT2D eigenvalue weighted by atomic mass is 10.1. The Labute approximate surface area is 124 Å². The van der Waals surface area contributed by atoms with E-state index in [9.17, 15) is 0 Å². The first-order chi connectivity index (χ1) is 8.41. The number of thiocarbonyl (C=S) groups is 1. The van der Waals surface area contributed by atoms with E-state index in [0.717, 1.165) is 27.1 Å². The van der Waals surface area contributed by atoms with Crippen LogP contribution in [0, 0.1) is 13.8 Å². The second-order valence-corrected chi connectivity index (χ2v) is 5.59. The van der Waals surface area contributed by atoms with Gasteiger partial charge >= 0.3 is 0 Å². The number of hydrogen-bond donors (Lipinski definition) is 1. The highest BCUT2D eigenvalue weighted by Crippen LogP contribution is 2.26. The molecule has 6 heteroatoms. The zero-order valence-electron chi connectivity index (χ0n) is 9.87. The fourth-order valence-electron chi connectivity index (χ4n) is 1.75. The minimum atomic E-state index is 0.302. The number of nitrogens with zero attached hydrogens (tertiary/aromatic N) is 2. The molecule has 1 heterocycles. The maximum atomic E-state index is 5.97. The van der Waals surface area contributed by atoms with Gasteiger partial charge in [0.15, 0.2) is 0 Å². The summed E-state index contributed by atoms with van der Waals surface area (Å²) in [6, 6.07) is 5.41. The maximum absolute atomic E-state index is 5.97. The van der Waals surface area contributed by atoms with E-state index in [0.29, 0.717) is 10.0 Å². The molecule has 0 bridgehead atoms. The Balaban J connectivity index is 2.71. The summed E-state index contributed by atoms with van der Waals surface area (Å²) in [5, 5.41) is 5.06. The summed E-state index contributed by atoms with van der Waals surface area (Å²) in [5.74, 6) is 0. The molecule has 0 radical (unpaired) electrons. The number of nitrogens with two attached hydrogens (primary N) is 1. The molecule has 0 aliphatic heterocycles. The highest BCUT2D eigenvalue weighted by molar-refractivity contribution is 9.10. The monoisotopic (exact) mass is 343 g/mol. The summed E-state index contributed by atoms with van der Waals surface area (Å²) < 4.78 is 2.79. The average Bonchev–Trinajstić information content (AvgIpc) is 2.57. The van der Waals surface area contributed by atoms with Crippen molar-refractivity contribution < 1.29 is 0 Å². The Morgan fingerprint density at radius 2 is 2.11 bits per heavy atom. The minimum Gasteiger partial charge on any atom is -0.389 e. The van der Waals surface area contributed by atoms with E-state index >= 15 is 0 Å². The third-order valence-electron chi connectivity index (χ3n) is 2.66. The van der Waals surface area contributed by atoms with Gasteiger partial charge in [-0.25, -0.2) is 4.68 Å². The van der Waals surface area contributed by atoms with Crippen LogP contribution in [0.4, 0.5) is 0 Å². The van der Waals surface area contributed by atoms with E-state index in [2.05, 4.69) is 21.0 Å². The lowest BCUT2D eigenvalue weighted by molar-refractivity contribution is 0.832. The van der Waals surface area contributed by atoms with E-state index < -0.39 is 0 Å². The van der Waals surface area contributed by atoms with E-state index in [1.165, 1.54) is 0 Å². The number of benzene rings is 1. The molecule has 0 spiro atoms. The molecule has 0 fully saturated rings. The predicted octanol–water partition coefficient (Wildman–Crippen LogP) is 3.54. The second-order valence-electron chi connectivity index (χ2n) is 3.92. The number of rotatable bonds is 2. The Morgan fingerprint density at radius 3 is 2.61 bits per heavy atom. The van der Waals surface area contributed by atoms with Crippen LogP contribution in [0.15, 0.2) is 22.7 Å². The summed E-state index contributed by atoms with van der Waals surface area (Å²) in [6.07, 6.45) is 0. The van der Waals surface area contributed by atoms with Crippen molar-refractivity contribution >= 4 is 44.7 Å². The molecule has 3 nitrogen and oxygen atoms in total. The molecule has 0 atom stereocenters. The van der Waals surface area contributed by atoms with Crippen molar-refractivity contribution in [1.82, 2.24) is 9.78 Å². The largest absolute Gasteiger partial charge is 0.389 e. The van der Waals surface area contributed by atoms with E-state index in [-0.39, 0.29) is 0 Å². The van der Waals surface area contributed by atoms with Crippen molar-refractivity contribution in [2.75, 3.05) is 0 Å². The van der Waals surface area contributed by atoms with Crippen LogP contribution in [0.3, 0.4) is 0 Å². The number of hydrogen-bond acceptors (Lipinski definition) is 2. The highest BCUT2D eigenvalue weighted by Gasteiger charge is 2.14. The van der Waals surface area contributed by atoms with Crippen LogP contribution in [0.2, 0.25) is 5.02 Å². The van der Waals surface area contributed by atoms with Gasteiger partial charge in [0, 0.05) is 10.6 Å². The van der Waals surface area contributed by atoms with Crippen LogP contribution < -0.4 is 5.73 Å². The van der Waals surface area contributed by atoms with Gasteiger partial charge in [-0.3, -0.25) is 0 Å². The van der Waals surface area contributed by atoms with E-state index in [1.54, 1.807) is 12.1 Å². The number of aryl methyl sites for hydroxylation is 1. The number of halogens is 2. The molecule has 2 aromatic rings. The van der Waals surface area contributed by atoms with Gasteiger partial charge in [-0.1, -0.05) is 23.8 Å².